The summed E-state index contributed by atoms with van der Waals surface area (Å²) in [7, 11) is 1.77. The molecule has 3 aromatic rings. The standard InChI is InChI=1S/C22H22ClF3N6O2/c1-3-17-18(32-10-14(23)9-28-21(32)29-17)19(33)27-8-13-4-6-15(7-5-13)30(2)16-11-31(12-16)20(34)22(24,25)26/h4-7,9-10,16H,3,8,11-12H2,1-2H3,(H,27,33). The number of hydrogen-bond acceptors (Lipinski definition) is 5. The van der Waals surface area contributed by atoms with Crippen LogP contribution in [-0.4, -0.2) is 63.4 Å². The van der Waals surface area contributed by atoms with Gasteiger partial charge in [-0.05, 0) is 24.1 Å². The highest BCUT2D eigenvalue weighted by Gasteiger charge is 2.47. The molecule has 0 bridgehead atoms. The smallest absolute Gasteiger partial charge is 0.368 e. The summed E-state index contributed by atoms with van der Waals surface area (Å²) in [6.45, 7) is 2.20. The molecule has 12 heteroatoms. The summed E-state index contributed by atoms with van der Waals surface area (Å²) in [6, 6.07) is 7.12. The van der Waals surface area contributed by atoms with Crippen LogP contribution in [0.2, 0.25) is 5.02 Å². The van der Waals surface area contributed by atoms with Gasteiger partial charge in [-0.15, -0.1) is 0 Å². The zero-order valence-corrected chi connectivity index (χ0v) is 19.2. The first-order chi connectivity index (χ1) is 16.1. The quantitative estimate of drug-likeness (QED) is 0.569. The van der Waals surface area contributed by atoms with E-state index in [1.54, 1.807) is 17.6 Å². The molecule has 4 rings (SSSR count). The van der Waals surface area contributed by atoms with Crippen LogP contribution in [0, 0.1) is 0 Å². The lowest BCUT2D eigenvalue weighted by atomic mass is 10.1. The molecule has 1 fully saturated rings. The predicted molar refractivity (Wildman–Crippen MR) is 120 cm³/mol. The maximum absolute atomic E-state index is 12.9. The molecule has 180 valence electrons. The van der Waals surface area contributed by atoms with Crippen molar-refractivity contribution in [3.63, 3.8) is 0 Å². The fourth-order valence-electron chi connectivity index (χ4n) is 3.81. The minimum atomic E-state index is -4.85. The first-order valence-corrected chi connectivity index (χ1v) is 10.9. The highest BCUT2D eigenvalue weighted by Crippen LogP contribution is 2.26. The average Bonchev–Trinajstić information content (AvgIpc) is 3.13. The number of rotatable bonds is 6. The molecule has 0 unspecified atom stereocenters. The molecular formula is C22H22ClF3N6O2. The van der Waals surface area contributed by atoms with Crippen LogP contribution in [0.1, 0.15) is 28.7 Å². The molecule has 34 heavy (non-hydrogen) atoms. The number of aromatic nitrogens is 3. The Labute approximate surface area is 198 Å². The molecule has 2 aromatic heterocycles. The second kappa shape index (κ2) is 9.13. The Hall–Kier alpha value is -3.34. The number of carbonyl (C=O) groups is 2. The summed E-state index contributed by atoms with van der Waals surface area (Å²) < 4.78 is 39.1. The van der Waals surface area contributed by atoms with Gasteiger partial charge in [-0.25, -0.2) is 9.97 Å². The van der Waals surface area contributed by atoms with E-state index in [0.29, 0.717) is 28.6 Å². The molecule has 0 radical (unpaired) electrons. The van der Waals surface area contributed by atoms with E-state index in [-0.39, 0.29) is 31.6 Å². The summed E-state index contributed by atoms with van der Waals surface area (Å²) in [5, 5.41) is 3.27. The molecular weight excluding hydrogens is 473 g/mol. The fourth-order valence-corrected chi connectivity index (χ4v) is 3.96. The van der Waals surface area contributed by atoms with E-state index in [4.69, 9.17) is 11.6 Å². The third-order valence-corrected chi connectivity index (χ3v) is 6.00. The summed E-state index contributed by atoms with van der Waals surface area (Å²) in [5.74, 6) is -1.72. The number of likely N-dealkylation sites (N-methyl/N-ethyl adjacent to an activating group) is 1. The molecule has 1 aromatic carbocycles. The van der Waals surface area contributed by atoms with Crippen LogP contribution in [0.3, 0.4) is 0 Å². The predicted octanol–water partition coefficient (Wildman–Crippen LogP) is 3.08. The van der Waals surface area contributed by atoms with E-state index in [0.717, 1.165) is 16.2 Å². The Morgan fingerprint density at radius 2 is 1.91 bits per heavy atom. The summed E-state index contributed by atoms with van der Waals surface area (Å²) in [5.41, 5.74) is 2.64. The lowest BCUT2D eigenvalue weighted by molar-refractivity contribution is -0.189. The van der Waals surface area contributed by atoms with Crippen molar-refractivity contribution in [2.75, 3.05) is 25.0 Å². The Kier molecular flexibility index (Phi) is 6.39. The van der Waals surface area contributed by atoms with Gasteiger partial charge < -0.3 is 15.1 Å². The van der Waals surface area contributed by atoms with E-state index < -0.39 is 12.1 Å². The van der Waals surface area contributed by atoms with Crippen LogP contribution >= 0.6 is 11.6 Å². The minimum absolute atomic E-state index is 0.0184. The van der Waals surface area contributed by atoms with E-state index in [1.807, 2.05) is 36.1 Å². The van der Waals surface area contributed by atoms with Crippen molar-refractivity contribution in [1.29, 1.82) is 0 Å². The van der Waals surface area contributed by atoms with Gasteiger partial charge in [-0.3, -0.25) is 14.0 Å². The second-order valence-corrected chi connectivity index (χ2v) is 8.46. The largest absolute Gasteiger partial charge is 0.471 e. The van der Waals surface area contributed by atoms with Crippen molar-refractivity contribution in [1.82, 2.24) is 24.6 Å². The lowest BCUT2D eigenvalue weighted by Crippen LogP contribution is -2.62. The number of alkyl halides is 3. The molecule has 0 spiro atoms. The van der Waals surface area contributed by atoms with E-state index >= 15 is 0 Å². The molecule has 1 aliphatic heterocycles. The number of imidazole rings is 1. The van der Waals surface area contributed by atoms with Crippen molar-refractivity contribution in [3.8, 4) is 0 Å². The molecule has 1 saturated heterocycles. The SMILES string of the molecule is CCc1nc2ncc(Cl)cn2c1C(=O)NCc1ccc(N(C)C2CN(C(=O)C(F)(F)F)C2)cc1. The van der Waals surface area contributed by atoms with Gasteiger partial charge >= 0.3 is 12.1 Å². The third kappa shape index (κ3) is 4.65. The summed E-state index contributed by atoms with van der Waals surface area (Å²) in [4.78, 5) is 35.3. The normalized spacial score (nSPS) is 14.2. The second-order valence-electron chi connectivity index (χ2n) is 8.02. The molecule has 8 nitrogen and oxygen atoms in total. The maximum atomic E-state index is 12.9. The molecule has 0 saturated carbocycles. The van der Waals surface area contributed by atoms with Gasteiger partial charge in [0.05, 0.1) is 23.0 Å². The van der Waals surface area contributed by atoms with Crippen molar-refractivity contribution in [2.45, 2.75) is 32.1 Å². The van der Waals surface area contributed by atoms with Crippen molar-refractivity contribution < 1.29 is 22.8 Å². The van der Waals surface area contributed by atoms with Gasteiger partial charge in [0.2, 0.25) is 5.78 Å². The molecule has 1 N–H and O–H groups in total. The van der Waals surface area contributed by atoms with Crippen LogP contribution in [0.4, 0.5) is 18.9 Å². The maximum Gasteiger partial charge on any atom is 0.471 e. The average molecular weight is 495 g/mol. The summed E-state index contributed by atoms with van der Waals surface area (Å²) >= 11 is 6.03. The van der Waals surface area contributed by atoms with Gasteiger partial charge in [0.1, 0.15) is 5.69 Å². The van der Waals surface area contributed by atoms with Gasteiger partial charge in [0.25, 0.3) is 5.91 Å². The summed E-state index contributed by atoms with van der Waals surface area (Å²) in [6.07, 6.45) is -1.23. The van der Waals surface area contributed by atoms with Gasteiger partial charge in [0.15, 0.2) is 0 Å². The van der Waals surface area contributed by atoms with Crippen LogP contribution < -0.4 is 10.2 Å². The third-order valence-electron chi connectivity index (χ3n) is 5.81. The Morgan fingerprint density at radius 3 is 2.53 bits per heavy atom. The van der Waals surface area contributed by atoms with Gasteiger partial charge in [0, 0.05) is 38.6 Å². The molecule has 0 aliphatic carbocycles. The first-order valence-electron chi connectivity index (χ1n) is 10.6. The molecule has 3 heterocycles. The zero-order valence-electron chi connectivity index (χ0n) is 18.4. The Balaban J connectivity index is 1.37. The van der Waals surface area contributed by atoms with E-state index in [1.165, 1.54) is 6.20 Å². The number of benzene rings is 1. The van der Waals surface area contributed by atoms with Gasteiger partial charge in [-0.1, -0.05) is 30.7 Å². The van der Waals surface area contributed by atoms with Crippen LogP contribution in [0.5, 0.6) is 0 Å². The number of likely N-dealkylation sites (tertiary alicyclic amines) is 1. The topological polar surface area (TPSA) is 82.8 Å². The van der Waals surface area contributed by atoms with E-state index in [2.05, 4.69) is 15.3 Å². The number of amides is 2. The van der Waals surface area contributed by atoms with Crippen LogP contribution in [-0.2, 0) is 17.8 Å². The number of nitrogens with zero attached hydrogens (tertiary/aromatic N) is 5. The van der Waals surface area contributed by atoms with Crippen LogP contribution in [0.25, 0.3) is 5.78 Å². The van der Waals surface area contributed by atoms with E-state index in [9.17, 15) is 22.8 Å². The van der Waals surface area contributed by atoms with Crippen molar-refractivity contribution in [2.24, 2.45) is 0 Å². The number of carbonyl (C=O) groups excluding carboxylic acids is 2. The highest BCUT2D eigenvalue weighted by molar-refractivity contribution is 6.30. The van der Waals surface area contributed by atoms with Gasteiger partial charge in [-0.2, -0.15) is 13.2 Å². The first kappa shape index (κ1) is 23.8. The number of fused-ring (bicyclic) bond motifs is 1. The number of halogens is 4. The number of nitrogens with one attached hydrogen (secondary N) is 1. The minimum Gasteiger partial charge on any atom is -0.368 e. The molecule has 0 atom stereocenters. The monoisotopic (exact) mass is 494 g/mol. The van der Waals surface area contributed by atoms with Crippen LogP contribution in [0.15, 0.2) is 36.7 Å². The van der Waals surface area contributed by atoms with Crippen molar-refractivity contribution in [3.05, 3.63) is 58.6 Å². The molecule has 2 amide bonds. The lowest BCUT2D eigenvalue weighted by Gasteiger charge is -2.44. The fraction of sp³-hybridized carbons (Fsp3) is 0.364. The highest BCUT2D eigenvalue weighted by atomic mass is 35.5. The number of hydrogen-bond donors (Lipinski definition) is 1. The molecule has 1 aliphatic rings. The Morgan fingerprint density at radius 1 is 1.24 bits per heavy atom. The zero-order chi connectivity index (χ0) is 24.6. The Bertz CT molecular complexity index is 1220. The number of anilines is 1. The number of aryl methyl sites for hydroxylation is 1. The van der Waals surface area contributed by atoms with Crippen molar-refractivity contribution >= 4 is 34.9 Å².